The van der Waals surface area contributed by atoms with Gasteiger partial charge in [-0.2, -0.15) is 13.2 Å². The van der Waals surface area contributed by atoms with E-state index in [0.717, 1.165) is 19.2 Å². The van der Waals surface area contributed by atoms with Crippen molar-refractivity contribution in [3.8, 4) is 5.75 Å². The van der Waals surface area contributed by atoms with Crippen molar-refractivity contribution >= 4 is 23.9 Å². The van der Waals surface area contributed by atoms with E-state index in [4.69, 9.17) is 4.52 Å². The van der Waals surface area contributed by atoms with Gasteiger partial charge in [0, 0.05) is 19.2 Å². The van der Waals surface area contributed by atoms with Crippen molar-refractivity contribution in [1.29, 1.82) is 0 Å². The van der Waals surface area contributed by atoms with Gasteiger partial charge >= 0.3 is 13.0 Å². The Balaban J connectivity index is 3.33. The quantitative estimate of drug-likeness (QED) is 0.459. The van der Waals surface area contributed by atoms with E-state index < -0.39 is 34.9 Å². The molecule has 0 aromatic heterocycles. The molecule has 1 atom stereocenters. The lowest BCUT2D eigenvalue weighted by atomic mass is 10.2. The molecule has 0 N–H and O–H groups in total. The van der Waals surface area contributed by atoms with Gasteiger partial charge in [0.1, 0.15) is 11.3 Å². The molecule has 1 aromatic rings. The fourth-order valence-electron chi connectivity index (χ4n) is 1.20. The summed E-state index contributed by atoms with van der Waals surface area (Å²) in [6, 6.07) is 1.88. The molecule has 20 heavy (non-hydrogen) atoms. The van der Waals surface area contributed by atoms with Crippen LogP contribution in [0.25, 0.3) is 0 Å². The van der Waals surface area contributed by atoms with Crippen molar-refractivity contribution in [1.82, 2.24) is 0 Å². The molecule has 11 heteroatoms. The Labute approximate surface area is 115 Å². The summed E-state index contributed by atoms with van der Waals surface area (Å²) in [5, 5.41) is 10.5. The lowest BCUT2D eigenvalue weighted by molar-refractivity contribution is -0.385. The van der Waals surface area contributed by atoms with Gasteiger partial charge in [0.25, 0.3) is 5.69 Å². The fourth-order valence-corrected chi connectivity index (χ4v) is 2.81. The van der Waals surface area contributed by atoms with Crippen molar-refractivity contribution < 1.29 is 31.7 Å². The average molecular weight is 331 g/mol. The maximum atomic E-state index is 12.8. The molecule has 0 aliphatic carbocycles. The third-order valence-electron chi connectivity index (χ3n) is 2.14. The van der Waals surface area contributed by atoms with E-state index in [1.165, 1.54) is 6.26 Å². The lowest BCUT2D eigenvalue weighted by Gasteiger charge is -2.18. The van der Waals surface area contributed by atoms with E-state index in [2.05, 4.69) is 4.52 Å². The Morgan fingerprint density at radius 2 is 2.00 bits per heavy atom. The second-order valence-electron chi connectivity index (χ2n) is 3.34. The third-order valence-corrected chi connectivity index (χ3v) is 5.46. The lowest BCUT2D eigenvalue weighted by Crippen LogP contribution is -2.08. The maximum Gasteiger partial charge on any atom is 0.439 e. The molecule has 0 aliphatic rings. The molecule has 1 unspecified atom stereocenters. The predicted molar refractivity (Wildman–Crippen MR) is 66.9 cm³/mol. The van der Waals surface area contributed by atoms with Crippen LogP contribution < -0.4 is 4.52 Å². The summed E-state index contributed by atoms with van der Waals surface area (Å²) in [5.74, 6) is -0.789. The van der Waals surface area contributed by atoms with Gasteiger partial charge in [0.2, 0.25) is 0 Å². The van der Waals surface area contributed by atoms with E-state index in [1.807, 2.05) is 0 Å². The van der Waals surface area contributed by atoms with Gasteiger partial charge in [0.15, 0.2) is 0 Å². The number of alkyl halides is 3. The van der Waals surface area contributed by atoms with Crippen LogP contribution in [0, 0.1) is 10.1 Å². The summed E-state index contributed by atoms with van der Waals surface area (Å²) in [4.78, 5) is 9.53. The first kappa shape index (κ1) is 16.8. The van der Waals surface area contributed by atoms with Crippen LogP contribution >= 0.6 is 18.2 Å². The van der Waals surface area contributed by atoms with Gasteiger partial charge in [-0.3, -0.25) is 14.6 Å². The highest BCUT2D eigenvalue weighted by Gasteiger charge is 2.38. The first-order valence-corrected chi connectivity index (χ1v) is 8.27. The minimum absolute atomic E-state index is 0.315. The van der Waals surface area contributed by atoms with Crippen LogP contribution in [0.15, 0.2) is 18.2 Å². The van der Waals surface area contributed by atoms with Crippen molar-refractivity contribution in [3.63, 3.8) is 0 Å². The number of rotatable bonds is 5. The van der Waals surface area contributed by atoms with Crippen LogP contribution in [-0.2, 0) is 15.3 Å². The Bertz CT molecular complexity index is 557. The first-order chi connectivity index (χ1) is 9.13. The number of hydrogen-bond donors (Lipinski definition) is 0. The molecule has 1 aromatic carbocycles. The molecule has 0 fully saturated rings. The zero-order valence-electron chi connectivity index (χ0n) is 10.2. The largest absolute Gasteiger partial charge is 0.439 e. The number of nitro benzene ring substituents is 1. The highest BCUT2D eigenvalue weighted by Crippen LogP contribution is 2.59. The van der Waals surface area contributed by atoms with Gasteiger partial charge < -0.3 is 4.52 Å². The van der Waals surface area contributed by atoms with Gasteiger partial charge in [0.05, 0.1) is 4.92 Å². The van der Waals surface area contributed by atoms with Gasteiger partial charge in [-0.05, 0) is 23.7 Å². The maximum absolute atomic E-state index is 12.8. The van der Waals surface area contributed by atoms with Crippen LogP contribution in [0.1, 0.15) is 5.56 Å². The molecular formula is C9H9F3NO5PS. The Hall–Kier alpha value is -1.25. The summed E-state index contributed by atoms with van der Waals surface area (Å²) in [6.07, 6.45) is -3.55. The first-order valence-electron chi connectivity index (χ1n) is 4.89. The van der Waals surface area contributed by atoms with E-state index in [-0.39, 0.29) is 0 Å². The van der Waals surface area contributed by atoms with Crippen molar-refractivity contribution in [2.45, 2.75) is 6.18 Å². The Morgan fingerprint density at radius 3 is 2.40 bits per heavy atom. The monoisotopic (exact) mass is 331 g/mol. The highest BCUT2D eigenvalue weighted by atomic mass is 32.7. The number of halogens is 3. The number of nitro groups is 1. The summed E-state index contributed by atoms with van der Waals surface area (Å²) in [5.41, 5.74) is -2.14. The third kappa shape index (κ3) is 3.87. The summed E-state index contributed by atoms with van der Waals surface area (Å²) < 4.78 is 59.6. The zero-order valence-corrected chi connectivity index (χ0v) is 11.9. The summed E-state index contributed by atoms with van der Waals surface area (Å²) >= 11 is 0.607. The minimum Gasteiger partial charge on any atom is -0.416 e. The number of hydrogen-bond acceptors (Lipinski definition) is 6. The summed E-state index contributed by atoms with van der Waals surface area (Å²) in [7, 11) is 1.02. The molecule has 0 heterocycles. The van der Waals surface area contributed by atoms with Crippen LogP contribution in [0.5, 0.6) is 5.75 Å². The van der Waals surface area contributed by atoms with Crippen molar-refractivity contribution in [2.24, 2.45) is 0 Å². The van der Waals surface area contributed by atoms with Crippen LogP contribution in [0.3, 0.4) is 0 Å². The van der Waals surface area contributed by atoms with Crippen LogP contribution in [0.4, 0.5) is 18.9 Å². The molecule has 112 valence electrons. The average Bonchev–Trinajstić information content (AvgIpc) is 2.37. The summed E-state index contributed by atoms with van der Waals surface area (Å²) in [6.45, 7) is -3.79. The molecule has 0 saturated carbocycles. The molecule has 0 aliphatic heterocycles. The molecule has 0 spiro atoms. The normalized spacial score (nSPS) is 14.7. The topological polar surface area (TPSA) is 78.7 Å². The fraction of sp³-hybridized carbons (Fsp3) is 0.333. The highest BCUT2D eigenvalue weighted by molar-refractivity contribution is 8.54. The standard InChI is InChI=1S/C9H9F3NO5PS/c1-17-19(16,20-2)18-8-4-3-6(13(14)15)5-7(8)9(10,11)12/h3-5H,1-2H3. The van der Waals surface area contributed by atoms with Crippen LogP contribution in [-0.4, -0.2) is 18.3 Å². The SMILES string of the molecule is COP(=O)(Oc1ccc([N+](=O)[O-])cc1C(F)(F)F)SC. The molecule has 1 rings (SSSR count). The van der Waals surface area contributed by atoms with E-state index in [0.29, 0.717) is 17.4 Å². The van der Waals surface area contributed by atoms with E-state index in [9.17, 15) is 27.9 Å². The number of nitrogens with zero attached hydrogens (tertiary/aromatic N) is 1. The zero-order chi connectivity index (χ0) is 15.6. The van der Waals surface area contributed by atoms with Gasteiger partial charge in [-0.1, -0.05) is 0 Å². The molecule has 0 radical (unpaired) electrons. The Kier molecular flexibility index (Phi) is 5.06. The van der Waals surface area contributed by atoms with E-state index in [1.54, 1.807) is 0 Å². The van der Waals surface area contributed by atoms with Crippen molar-refractivity contribution in [2.75, 3.05) is 13.4 Å². The van der Waals surface area contributed by atoms with Gasteiger partial charge in [-0.25, -0.2) is 4.57 Å². The number of benzene rings is 1. The molecular weight excluding hydrogens is 322 g/mol. The predicted octanol–water partition coefficient (Wildman–Crippen LogP) is 4.11. The minimum atomic E-state index is -4.89. The van der Waals surface area contributed by atoms with Gasteiger partial charge in [-0.15, -0.1) is 0 Å². The number of non-ortho nitro benzene ring substituents is 1. The second-order valence-corrected chi connectivity index (χ2v) is 7.58. The van der Waals surface area contributed by atoms with Crippen molar-refractivity contribution in [3.05, 3.63) is 33.9 Å². The Morgan fingerprint density at radius 1 is 1.40 bits per heavy atom. The molecule has 0 amide bonds. The second kappa shape index (κ2) is 6.02. The molecule has 6 nitrogen and oxygen atoms in total. The smallest absolute Gasteiger partial charge is 0.416 e. The van der Waals surface area contributed by atoms with Crippen LogP contribution in [0.2, 0.25) is 0 Å². The van der Waals surface area contributed by atoms with E-state index >= 15 is 0 Å². The molecule has 0 bridgehead atoms. The molecule has 0 saturated heterocycles.